The molecular weight excluding hydrogens is 348 g/mol. The van der Waals surface area contributed by atoms with Crippen molar-refractivity contribution in [1.29, 1.82) is 0 Å². The van der Waals surface area contributed by atoms with E-state index in [1.54, 1.807) is 29.2 Å². The molecule has 2 rings (SSSR count). The maximum atomic E-state index is 12.2. The van der Waals surface area contributed by atoms with Crippen LogP contribution in [0.15, 0.2) is 29.4 Å². The van der Waals surface area contributed by atoms with Crippen LogP contribution in [0.3, 0.4) is 0 Å². The number of amidine groups is 1. The lowest BCUT2D eigenvalue weighted by Gasteiger charge is -2.33. The number of hydrogen-bond donors (Lipinski definition) is 4. The van der Waals surface area contributed by atoms with E-state index in [1.165, 1.54) is 0 Å². The van der Waals surface area contributed by atoms with Crippen molar-refractivity contribution >= 4 is 23.6 Å². The molecule has 1 saturated heterocycles. The Hall–Kier alpha value is -2.97. The molecule has 9 nitrogen and oxygen atoms in total. The molecule has 1 fully saturated rings. The Kier molecular flexibility index (Phi) is 6.49. The number of carbonyl (C=O) groups is 2. The third-order valence-corrected chi connectivity index (χ3v) is 4.06. The summed E-state index contributed by atoms with van der Waals surface area (Å²) < 4.78 is 5.37. The first-order chi connectivity index (χ1) is 12.7. The first-order valence-electron chi connectivity index (χ1n) is 8.87. The lowest BCUT2D eigenvalue weighted by atomic mass is 10.1. The van der Waals surface area contributed by atoms with Gasteiger partial charge in [0.15, 0.2) is 0 Å². The van der Waals surface area contributed by atoms with Crippen molar-refractivity contribution in [3.05, 3.63) is 29.8 Å². The molecule has 3 amide bonds. The van der Waals surface area contributed by atoms with Crippen LogP contribution in [0, 0.1) is 0 Å². The summed E-state index contributed by atoms with van der Waals surface area (Å²) in [5.74, 6) is 5.36. The second-order valence-electron chi connectivity index (χ2n) is 7.43. The summed E-state index contributed by atoms with van der Waals surface area (Å²) in [5.41, 5.74) is 6.42. The van der Waals surface area contributed by atoms with Crippen LogP contribution in [0.4, 0.5) is 15.3 Å². The Morgan fingerprint density at radius 3 is 2.30 bits per heavy atom. The lowest BCUT2D eigenvalue weighted by molar-refractivity contribution is 0.0202. The standard InChI is InChI=1S/C18H28N6O3/c1-18(2,3)27-17(26)24-10-8-14(9-11-24)22-16(25)21-13-6-4-12(5-7-13)15(19)23-20/h4-7,14H,8-11,20H2,1-3H3,(H2,19,23)(H2,21,22,25). The number of ether oxygens (including phenoxy) is 1. The molecule has 0 radical (unpaired) electrons. The molecule has 1 heterocycles. The number of nitrogens with one attached hydrogen (secondary N) is 2. The van der Waals surface area contributed by atoms with E-state index in [0.717, 1.165) is 0 Å². The summed E-state index contributed by atoms with van der Waals surface area (Å²) in [6, 6.07) is 6.60. The van der Waals surface area contributed by atoms with Crippen LogP contribution in [0.1, 0.15) is 39.2 Å². The zero-order valence-electron chi connectivity index (χ0n) is 16.0. The summed E-state index contributed by atoms with van der Waals surface area (Å²) in [7, 11) is 0. The van der Waals surface area contributed by atoms with Gasteiger partial charge in [-0.2, -0.15) is 5.10 Å². The van der Waals surface area contributed by atoms with Crippen LogP contribution < -0.4 is 22.2 Å². The van der Waals surface area contributed by atoms with E-state index in [2.05, 4.69) is 15.7 Å². The number of urea groups is 1. The molecule has 1 aromatic carbocycles. The number of nitrogens with two attached hydrogens (primary N) is 2. The molecule has 27 heavy (non-hydrogen) atoms. The number of hydrazone groups is 1. The number of carbonyl (C=O) groups excluding carboxylic acids is 2. The Balaban J connectivity index is 1.78. The summed E-state index contributed by atoms with van der Waals surface area (Å²) in [5, 5.41) is 9.12. The molecule has 1 aliphatic heterocycles. The third kappa shape index (κ3) is 6.36. The van der Waals surface area contributed by atoms with Gasteiger partial charge in [-0.3, -0.25) is 0 Å². The topological polar surface area (TPSA) is 135 Å². The Morgan fingerprint density at radius 1 is 1.19 bits per heavy atom. The van der Waals surface area contributed by atoms with Gasteiger partial charge in [-0.05, 0) is 57.9 Å². The number of anilines is 1. The van der Waals surface area contributed by atoms with Crippen molar-refractivity contribution in [1.82, 2.24) is 10.2 Å². The fraction of sp³-hybridized carbons (Fsp3) is 0.500. The highest BCUT2D eigenvalue weighted by atomic mass is 16.6. The zero-order chi connectivity index (χ0) is 20.0. The average molecular weight is 376 g/mol. The van der Waals surface area contributed by atoms with Crippen LogP contribution in [-0.2, 0) is 4.74 Å². The molecule has 1 aromatic rings. The van der Waals surface area contributed by atoms with Crippen LogP contribution in [0.25, 0.3) is 0 Å². The molecule has 0 atom stereocenters. The van der Waals surface area contributed by atoms with Crippen molar-refractivity contribution in [2.45, 2.75) is 45.3 Å². The summed E-state index contributed by atoms with van der Waals surface area (Å²) in [4.78, 5) is 25.9. The van der Waals surface area contributed by atoms with Crippen molar-refractivity contribution in [3.8, 4) is 0 Å². The van der Waals surface area contributed by atoms with E-state index in [0.29, 0.717) is 37.2 Å². The number of rotatable bonds is 3. The summed E-state index contributed by atoms with van der Waals surface area (Å²) in [6.07, 6.45) is 1.04. The zero-order valence-corrected chi connectivity index (χ0v) is 16.0. The van der Waals surface area contributed by atoms with Gasteiger partial charge in [0.1, 0.15) is 11.4 Å². The predicted molar refractivity (Wildman–Crippen MR) is 104 cm³/mol. The number of hydrogen-bond acceptors (Lipinski definition) is 5. The molecule has 0 aliphatic carbocycles. The monoisotopic (exact) mass is 376 g/mol. The highest BCUT2D eigenvalue weighted by Gasteiger charge is 2.27. The number of nitrogens with zero attached hydrogens (tertiary/aromatic N) is 2. The molecule has 148 valence electrons. The van der Waals surface area contributed by atoms with Gasteiger partial charge in [0, 0.05) is 30.4 Å². The minimum atomic E-state index is -0.512. The molecule has 1 aliphatic rings. The van der Waals surface area contributed by atoms with Crippen LogP contribution in [0.5, 0.6) is 0 Å². The second kappa shape index (κ2) is 8.61. The van der Waals surface area contributed by atoms with Crippen molar-refractivity contribution in [2.24, 2.45) is 16.7 Å². The quantitative estimate of drug-likeness (QED) is 0.276. The van der Waals surface area contributed by atoms with E-state index < -0.39 is 5.60 Å². The number of benzene rings is 1. The first-order valence-corrected chi connectivity index (χ1v) is 8.87. The van der Waals surface area contributed by atoms with Gasteiger partial charge >= 0.3 is 12.1 Å². The fourth-order valence-electron chi connectivity index (χ4n) is 2.68. The van der Waals surface area contributed by atoms with E-state index in [-0.39, 0.29) is 24.0 Å². The van der Waals surface area contributed by atoms with Gasteiger partial charge in [0.05, 0.1) is 0 Å². The van der Waals surface area contributed by atoms with Gasteiger partial charge in [0.2, 0.25) is 0 Å². The molecule has 0 aromatic heterocycles. The van der Waals surface area contributed by atoms with Gasteiger partial charge in [0.25, 0.3) is 0 Å². The molecular formula is C18H28N6O3. The molecule has 0 saturated carbocycles. The molecule has 6 N–H and O–H groups in total. The Bertz CT molecular complexity index is 688. The maximum Gasteiger partial charge on any atom is 0.410 e. The predicted octanol–water partition coefficient (Wildman–Crippen LogP) is 1.79. The largest absolute Gasteiger partial charge is 0.444 e. The van der Waals surface area contributed by atoms with E-state index in [1.807, 2.05) is 20.8 Å². The number of amides is 3. The number of likely N-dealkylation sites (tertiary alicyclic amines) is 1. The smallest absolute Gasteiger partial charge is 0.410 e. The van der Waals surface area contributed by atoms with Crippen LogP contribution in [-0.4, -0.2) is 47.6 Å². The molecule has 0 spiro atoms. The average Bonchev–Trinajstić information content (AvgIpc) is 2.60. The van der Waals surface area contributed by atoms with E-state index >= 15 is 0 Å². The van der Waals surface area contributed by atoms with Gasteiger partial charge in [-0.15, -0.1) is 0 Å². The third-order valence-electron chi connectivity index (χ3n) is 4.06. The fourth-order valence-corrected chi connectivity index (χ4v) is 2.68. The van der Waals surface area contributed by atoms with Crippen LogP contribution >= 0.6 is 0 Å². The Labute approximate surface area is 159 Å². The SMILES string of the molecule is CC(C)(C)OC(=O)N1CCC(NC(=O)Nc2ccc(/C(N)=N/N)cc2)CC1. The molecule has 0 bridgehead atoms. The maximum absolute atomic E-state index is 12.2. The molecule has 9 heteroatoms. The highest BCUT2D eigenvalue weighted by Crippen LogP contribution is 2.16. The van der Waals surface area contributed by atoms with E-state index in [9.17, 15) is 9.59 Å². The van der Waals surface area contributed by atoms with Gasteiger partial charge in [-0.25, -0.2) is 9.59 Å². The lowest BCUT2D eigenvalue weighted by Crippen LogP contribution is -2.48. The molecule has 0 unspecified atom stereocenters. The van der Waals surface area contributed by atoms with Gasteiger partial charge in [-0.1, -0.05) is 0 Å². The minimum absolute atomic E-state index is 0.00276. The van der Waals surface area contributed by atoms with Crippen molar-refractivity contribution < 1.29 is 14.3 Å². The normalized spacial score (nSPS) is 16.0. The second-order valence-corrected chi connectivity index (χ2v) is 7.43. The minimum Gasteiger partial charge on any atom is -0.444 e. The summed E-state index contributed by atoms with van der Waals surface area (Å²) in [6.45, 7) is 6.62. The number of piperidine rings is 1. The van der Waals surface area contributed by atoms with E-state index in [4.69, 9.17) is 16.3 Å². The van der Waals surface area contributed by atoms with Crippen molar-refractivity contribution in [2.75, 3.05) is 18.4 Å². The Morgan fingerprint density at radius 2 is 1.78 bits per heavy atom. The highest BCUT2D eigenvalue weighted by molar-refractivity contribution is 5.98. The van der Waals surface area contributed by atoms with Gasteiger partial charge < -0.3 is 31.8 Å². The summed E-state index contributed by atoms with van der Waals surface area (Å²) >= 11 is 0. The first kappa shape index (κ1) is 20.3. The van der Waals surface area contributed by atoms with Crippen molar-refractivity contribution in [3.63, 3.8) is 0 Å². The van der Waals surface area contributed by atoms with Crippen LogP contribution in [0.2, 0.25) is 0 Å².